The minimum Gasteiger partial charge on any atom is -0.355 e. The maximum Gasteiger partial charge on any atom is 0.228 e. The van der Waals surface area contributed by atoms with E-state index in [1.165, 1.54) is 5.39 Å². The molecule has 4 heteroatoms. The van der Waals surface area contributed by atoms with Gasteiger partial charge in [-0.15, -0.1) is 0 Å². The maximum absolute atomic E-state index is 12.8. The molecule has 2 N–H and O–H groups in total. The predicted molar refractivity (Wildman–Crippen MR) is 112 cm³/mol. The number of nitrogens with zero attached hydrogens (tertiary/aromatic N) is 1. The third-order valence-electron chi connectivity index (χ3n) is 5.52. The summed E-state index contributed by atoms with van der Waals surface area (Å²) in [5.74, 6) is 0.201. The highest BCUT2D eigenvalue weighted by Gasteiger charge is 2.27. The molecule has 0 aliphatic carbocycles. The smallest absolute Gasteiger partial charge is 0.228 e. The summed E-state index contributed by atoms with van der Waals surface area (Å²) in [6.45, 7) is 6.34. The number of nitrogens with one attached hydrogen (secondary N) is 2. The Kier molecular flexibility index (Phi) is 4.99. The van der Waals surface area contributed by atoms with E-state index in [4.69, 9.17) is 0 Å². The standard InChI is InChI=1S/C23H27N3O/c1-16(2)26-12-6-9-19(15-26)23(27)24-20-10-5-8-17(13-20)22-14-18-7-3-4-11-21(18)25-22/h3-5,7-8,10-11,13-14,16,19,25H,6,9,12,15H2,1-2H3,(H,24,27). The molecule has 1 unspecified atom stereocenters. The van der Waals surface area contributed by atoms with Crippen LogP contribution in [-0.2, 0) is 4.79 Å². The number of para-hydroxylation sites is 1. The third-order valence-corrected chi connectivity index (χ3v) is 5.52. The number of rotatable bonds is 4. The first-order valence-corrected chi connectivity index (χ1v) is 9.83. The number of aromatic nitrogens is 1. The molecule has 1 aromatic heterocycles. The van der Waals surface area contributed by atoms with Crippen molar-refractivity contribution in [2.45, 2.75) is 32.7 Å². The molecule has 140 valence electrons. The van der Waals surface area contributed by atoms with Gasteiger partial charge in [-0.1, -0.05) is 30.3 Å². The Morgan fingerprint density at radius 1 is 1.15 bits per heavy atom. The first kappa shape index (κ1) is 17.8. The third kappa shape index (κ3) is 3.91. The zero-order chi connectivity index (χ0) is 18.8. The summed E-state index contributed by atoms with van der Waals surface area (Å²) in [5.41, 5.74) is 4.13. The fourth-order valence-corrected chi connectivity index (χ4v) is 3.93. The van der Waals surface area contributed by atoms with E-state index in [0.29, 0.717) is 6.04 Å². The van der Waals surface area contributed by atoms with Crippen molar-refractivity contribution in [3.8, 4) is 11.3 Å². The van der Waals surface area contributed by atoms with Gasteiger partial charge in [0.25, 0.3) is 0 Å². The van der Waals surface area contributed by atoms with Gasteiger partial charge in [0.15, 0.2) is 0 Å². The normalized spacial score (nSPS) is 18.1. The largest absolute Gasteiger partial charge is 0.355 e. The zero-order valence-corrected chi connectivity index (χ0v) is 16.0. The Balaban J connectivity index is 1.50. The van der Waals surface area contributed by atoms with Crippen LogP contribution in [-0.4, -0.2) is 34.9 Å². The average molecular weight is 361 g/mol. The topological polar surface area (TPSA) is 48.1 Å². The van der Waals surface area contributed by atoms with Gasteiger partial charge in [-0.3, -0.25) is 4.79 Å². The van der Waals surface area contributed by atoms with Crippen molar-refractivity contribution in [3.05, 3.63) is 54.6 Å². The van der Waals surface area contributed by atoms with Gasteiger partial charge >= 0.3 is 0 Å². The van der Waals surface area contributed by atoms with Crippen LogP contribution in [0.3, 0.4) is 0 Å². The number of hydrogen-bond donors (Lipinski definition) is 2. The summed E-state index contributed by atoms with van der Waals surface area (Å²) in [6.07, 6.45) is 2.06. The fraction of sp³-hybridized carbons (Fsp3) is 0.348. The van der Waals surface area contributed by atoms with Crippen molar-refractivity contribution in [2.75, 3.05) is 18.4 Å². The number of carbonyl (C=O) groups is 1. The molecule has 0 saturated carbocycles. The summed E-state index contributed by atoms with van der Waals surface area (Å²) >= 11 is 0. The lowest BCUT2D eigenvalue weighted by molar-refractivity contribution is -0.121. The molecular formula is C23H27N3O. The summed E-state index contributed by atoms with van der Waals surface area (Å²) in [7, 11) is 0. The van der Waals surface area contributed by atoms with Crippen molar-refractivity contribution in [1.29, 1.82) is 0 Å². The number of aromatic amines is 1. The molecule has 1 saturated heterocycles. The molecule has 4 rings (SSSR count). The molecule has 1 amide bonds. The second-order valence-electron chi connectivity index (χ2n) is 7.77. The lowest BCUT2D eigenvalue weighted by Gasteiger charge is -2.34. The van der Waals surface area contributed by atoms with E-state index < -0.39 is 0 Å². The van der Waals surface area contributed by atoms with Crippen LogP contribution in [0.1, 0.15) is 26.7 Å². The van der Waals surface area contributed by atoms with Crippen molar-refractivity contribution in [1.82, 2.24) is 9.88 Å². The lowest BCUT2D eigenvalue weighted by Crippen LogP contribution is -2.43. The van der Waals surface area contributed by atoms with Gasteiger partial charge in [-0.25, -0.2) is 0 Å². The highest BCUT2D eigenvalue weighted by atomic mass is 16.1. The van der Waals surface area contributed by atoms with Crippen LogP contribution >= 0.6 is 0 Å². The Hall–Kier alpha value is -2.59. The number of H-pyrrole nitrogens is 1. The van der Waals surface area contributed by atoms with Crippen molar-refractivity contribution >= 4 is 22.5 Å². The van der Waals surface area contributed by atoms with Crippen molar-refractivity contribution in [3.63, 3.8) is 0 Å². The zero-order valence-electron chi connectivity index (χ0n) is 16.0. The minimum atomic E-state index is 0.0675. The molecule has 3 aromatic rings. The number of amides is 1. The highest BCUT2D eigenvalue weighted by Crippen LogP contribution is 2.27. The number of piperidine rings is 1. The monoisotopic (exact) mass is 361 g/mol. The Bertz CT molecular complexity index is 910. The van der Waals surface area contributed by atoms with Crippen LogP contribution in [0.15, 0.2) is 54.6 Å². The molecule has 0 spiro atoms. The van der Waals surface area contributed by atoms with Crippen LogP contribution < -0.4 is 5.32 Å². The van der Waals surface area contributed by atoms with Crippen molar-refractivity contribution < 1.29 is 4.79 Å². The predicted octanol–water partition coefficient (Wildman–Crippen LogP) is 4.89. The highest BCUT2D eigenvalue weighted by molar-refractivity contribution is 5.94. The van der Waals surface area contributed by atoms with Gasteiger partial charge in [-0.05, 0) is 57.5 Å². The number of benzene rings is 2. The number of likely N-dealkylation sites (tertiary alicyclic amines) is 1. The van der Waals surface area contributed by atoms with Crippen LogP contribution in [0.2, 0.25) is 0 Å². The number of fused-ring (bicyclic) bond motifs is 1. The maximum atomic E-state index is 12.8. The molecule has 1 aliphatic rings. The van der Waals surface area contributed by atoms with Gasteiger partial charge in [0.1, 0.15) is 0 Å². The van der Waals surface area contributed by atoms with E-state index in [0.717, 1.165) is 48.4 Å². The van der Waals surface area contributed by atoms with E-state index >= 15 is 0 Å². The van der Waals surface area contributed by atoms with Gasteiger partial charge in [0.05, 0.1) is 5.92 Å². The van der Waals surface area contributed by atoms with Crippen LogP contribution in [0.4, 0.5) is 5.69 Å². The molecule has 1 atom stereocenters. The quantitative estimate of drug-likeness (QED) is 0.695. The summed E-state index contributed by atoms with van der Waals surface area (Å²) in [4.78, 5) is 18.6. The van der Waals surface area contributed by atoms with Crippen LogP contribution in [0, 0.1) is 5.92 Å². The number of anilines is 1. The molecule has 27 heavy (non-hydrogen) atoms. The first-order chi connectivity index (χ1) is 13.1. The molecule has 2 aromatic carbocycles. The Labute approximate surface area is 160 Å². The summed E-state index contributed by atoms with van der Waals surface area (Å²) in [5, 5.41) is 4.33. The van der Waals surface area contributed by atoms with Gasteiger partial charge in [-0.2, -0.15) is 0 Å². The second kappa shape index (κ2) is 7.57. The summed E-state index contributed by atoms with van der Waals surface area (Å²) in [6, 6.07) is 19.0. The minimum absolute atomic E-state index is 0.0675. The average Bonchev–Trinajstić information content (AvgIpc) is 3.12. The molecular weight excluding hydrogens is 334 g/mol. The van der Waals surface area contributed by atoms with Crippen LogP contribution in [0.5, 0.6) is 0 Å². The molecule has 0 bridgehead atoms. The van der Waals surface area contributed by atoms with E-state index in [-0.39, 0.29) is 11.8 Å². The Morgan fingerprint density at radius 3 is 2.81 bits per heavy atom. The molecule has 2 heterocycles. The van der Waals surface area contributed by atoms with Gasteiger partial charge in [0, 0.05) is 40.4 Å². The Morgan fingerprint density at radius 2 is 2.00 bits per heavy atom. The molecule has 4 nitrogen and oxygen atoms in total. The van der Waals surface area contributed by atoms with Gasteiger partial charge in [0.2, 0.25) is 5.91 Å². The molecule has 1 aliphatic heterocycles. The van der Waals surface area contributed by atoms with Crippen molar-refractivity contribution in [2.24, 2.45) is 5.92 Å². The number of carbonyl (C=O) groups excluding carboxylic acids is 1. The number of hydrogen-bond acceptors (Lipinski definition) is 2. The van der Waals surface area contributed by atoms with E-state index in [9.17, 15) is 4.79 Å². The second-order valence-corrected chi connectivity index (χ2v) is 7.77. The van der Waals surface area contributed by atoms with E-state index in [2.05, 4.69) is 53.3 Å². The fourth-order valence-electron chi connectivity index (χ4n) is 3.93. The lowest BCUT2D eigenvalue weighted by atomic mass is 9.96. The first-order valence-electron chi connectivity index (χ1n) is 9.83. The summed E-state index contributed by atoms with van der Waals surface area (Å²) < 4.78 is 0. The molecule has 1 fully saturated rings. The molecule has 0 radical (unpaired) electrons. The SMILES string of the molecule is CC(C)N1CCCC(C(=O)Nc2cccc(-c3cc4ccccc4[nH]3)c2)C1. The van der Waals surface area contributed by atoms with Gasteiger partial charge < -0.3 is 15.2 Å². The van der Waals surface area contributed by atoms with Crippen LogP contribution in [0.25, 0.3) is 22.2 Å². The van der Waals surface area contributed by atoms with E-state index in [1.807, 2.05) is 30.3 Å². The van der Waals surface area contributed by atoms with E-state index in [1.54, 1.807) is 0 Å².